The molecule has 3 rings (SSSR count). The fourth-order valence-corrected chi connectivity index (χ4v) is 3.32. The summed E-state index contributed by atoms with van der Waals surface area (Å²) in [7, 11) is 0. The van der Waals surface area contributed by atoms with Gasteiger partial charge in [-0.15, -0.1) is 11.3 Å². The molecule has 1 heterocycles. The summed E-state index contributed by atoms with van der Waals surface area (Å²) in [5.41, 5.74) is 2.46. The highest BCUT2D eigenvalue weighted by molar-refractivity contribution is 7.14. The average Bonchev–Trinajstić information content (AvgIpc) is 3.09. The number of hydrogen-bond donors (Lipinski definition) is 1. The summed E-state index contributed by atoms with van der Waals surface area (Å²) >= 11 is 1.28. The molecule has 7 heteroatoms. The van der Waals surface area contributed by atoms with Gasteiger partial charge in [0.15, 0.2) is 5.13 Å². The lowest BCUT2D eigenvalue weighted by Crippen LogP contribution is -2.15. The predicted octanol–water partition coefficient (Wildman–Crippen LogP) is 5.57. The topological polar surface area (TPSA) is 42.0 Å². The molecule has 3 aromatic rings. The Morgan fingerprint density at radius 3 is 2.52 bits per heavy atom. The quantitative estimate of drug-likeness (QED) is 0.619. The van der Waals surface area contributed by atoms with Crippen molar-refractivity contribution in [2.75, 3.05) is 5.32 Å². The number of carbonyl (C=O) groups is 1. The first-order valence-electron chi connectivity index (χ1n) is 8.36. The number of aryl methyl sites for hydroxylation is 1. The molecule has 3 nitrogen and oxygen atoms in total. The van der Waals surface area contributed by atoms with Crippen LogP contribution in [0.1, 0.15) is 23.6 Å². The first-order valence-corrected chi connectivity index (χ1v) is 9.24. The van der Waals surface area contributed by atoms with Gasteiger partial charge in [-0.25, -0.2) is 4.98 Å². The van der Waals surface area contributed by atoms with Crippen LogP contribution in [-0.2, 0) is 23.8 Å². The van der Waals surface area contributed by atoms with E-state index in [2.05, 4.69) is 17.2 Å². The zero-order valence-corrected chi connectivity index (χ0v) is 15.3. The summed E-state index contributed by atoms with van der Waals surface area (Å²) in [6.45, 7) is 2.08. The van der Waals surface area contributed by atoms with Crippen LogP contribution in [0.3, 0.4) is 0 Å². The number of benzene rings is 2. The second-order valence-electron chi connectivity index (χ2n) is 6.01. The van der Waals surface area contributed by atoms with Gasteiger partial charge in [0.1, 0.15) is 0 Å². The Kier molecular flexibility index (Phi) is 5.60. The Bertz CT molecular complexity index is 933. The molecule has 27 heavy (non-hydrogen) atoms. The number of alkyl halides is 3. The molecule has 0 saturated heterocycles. The van der Waals surface area contributed by atoms with Crippen LogP contribution in [0.4, 0.5) is 18.3 Å². The Morgan fingerprint density at radius 1 is 1.11 bits per heavy atom. The van der Waals surface area contributed by atoms with Gasteiger partial charge in [-0.05, 0) is 23.6 Å². The van der Waals surface area contributed by atoms with E-state index in [0.29, 0.717) is 10.7 Å². The number of carbonyl (C=O) groups excluding carboxylic acids is 1. The molecule has 0 aliphatic rings. The average molecular weight is 390 g/mol. The van der Waals surface area contributed by atoms with Crippen molar-refractivity contribution in [3.63, 3.8) is 0 Å². The maximum atomic E-state index is 12.8. The summed E-state index contributed by atoms with van der Waals surface area (Å²) < 4.78 is 38.3. The van der Waals surface area contributed by atoms with Crippen molar-refractivity contribution in [1.29, 1.82) is 0 Å². The normalized spacial score (nSPS) is 11.4. The number of aromatic nitrogens is 1. The second-order valence-corrected chi connectivity index (χ2v) is 6.87. The highest BCUT2D eigenvalue weighted by Crippen LogP contribution is 2.30. The molecule has 2 aromatic carbocycles. The van der Waals surface area contributed by atoms with Crippen LogP contribution in [0.15, 0.2) is 53.9 Å². The van der Waals surface area contributed by atoms with Crippen molar-refractivity contribution < 1.29 is 18.0 Å². The Labute approximate surface area is 158 Å². The number of nitrogens with one attached hydrogen (secondary N) is 1. The number of hydrogen-bond acceptors (Lipinski definition) is 3. The van der Waals surface area contributed by atoms with Crippen molar-refractivity contribution in [2.24, 2.45) is 0 Å². The van der Waals surface area contributed by atoms with Gasteiger partial charge in [0.25, 0.3) is 0 Å². The van der Waals surface area contributed by atoms with Crippen LogP contribution in [0.25, 0.3) is 11.3 Å². The number of anilines is 1. The van der Waals surface area contributed by atoms with E-state index in [-0.39, 0.29) is 6.42 Å². The number of thiazole rings is 1. The van der Waals surface area contributed by atoms with Gasteiger partial charge in [-0.2, -0.15) is 13.2 Å². The van der Waals surface area contributed by atoms with Crippen molar-refractivity contribution in [3.8, 4) is 11.3 Å². The Hall–Kier alpha value is -2.67. The fourth-order valence-electron chi connectivity index (χ4n) is 2.58. The molecular weight excluding hydrogens is 373 g/mol. The highest BCUT2D eigenvalue weighted by Gasteiger charge is 2.30. The van der Waals surface area contributed by atoms with E-state index >= 15 is 0 Å². The first-order chi connectivity index (χ1) is 12.8. The first kappa shape index (κ1) is 19.1. The van der Waals surface area contributed by atoms with Crippen LogP contribution < -0.4 is 5.32 Å². The van der Waals surface area contributed by atoms with E-state index in [9.17, 15) is 18.0 Å². The van der Waals surface area contributed by atoms with Gasteiger partial charge >= 0.3 is 6.18 Å². The smallest absolute Gasteiger partial charge is 0.302 e. The molecule has 0 aliphatic carbocycles. The Balaban J connectivity index is 1.66. The molecule has 1 amide bonds. The maximum absolute atomic E-state index is 12.8. The van der Waals surface area contributed by atoms with Gasteiger partial charge in [0.2, 0.25) is 5.91 Å². The second kappa shape index (κ2) is 7.92. The standard InChI is InChI=1S/C20H17F3N2OS/c1-2-13-6-8-15(9-7-13)17-12-27-19(24-17)25-18(26)11-14-4-3-5-16(10-14)20(21,22)23/h3-10,12H,2,11H2,1H3,(H,24,25,26). The molecule has 1 aromatic heterocycles. The van der Waals surface area contributed by atoms with Crippen molar-refractivity contribution in [1.82, 2.24) is 4.98 Å². The van der Waals surface area contributed by atoms with Crippen molar-refractivity contribution >= 4 is 22.4 Å². The monoisotopic (exact) mass is 390 g/mol. The van der Waals surface area contributed by atoms with E-state index in [1.807, 2.05) is 29.6 Å². The van der Waals surface area contributed by atoms with Crippen molar-refractivity contribution in [3.05, 3.63) is 70.6 Å². The van der Waals surface area contributed by atoms with Crippen LogP contribution >= 0.6 is 11.3 Å². The summed E-state index contributed by atoms with van der Waals surface area (Å²) in [4.78, 5) is 16.5. The van der Waals surface area contributed by atoms with E-state index in [1.165, 1.54) is 29.0 Å². The Morgan fingerprint density at radius 2 is 1.85 bits per heavy atom. The largest absolute Gasteiger partial charge is 0.416 e. The van der Waals surface area contributed by atoms with E-state index in [4.69, 9.17) is 0 Å². The van der Waals surface area contributed by atoms with Crippen LogP contribution in [0.2, 0.25) is 0 Å². The van der Waals surface area contributed by atoms with E-state index < -0.39 is 17.6 Å². The molecule has 0 radical (unpaired) electrons. The SMILES string of the molecule is CCc1ccc(-c2csc(NC(=O)Cc3cccc(C(F)(F)F)c3)n2)cc1. The molecule has 0 unspecified atom stereocenters. The van der Waals surface area contributed by atoms with Crippen LogP contribution in [-0.4, -0.2) is 10.9 Å². The number of rotatable bonds is 5. The van der Waals surface area contributed by atoms with Gasteiger partial charge < -0.3 is 5.32 Å². The number of nitrogens with zero attached hydrogens (tertiary/aromatic N) is 1. The lowest BCUT2D eigenvalue weighted by Gasteiger charge is -2.08. The van der Waals surface area contributed by atoms with Gasteiger partial charge in [0, 0.05) is 10.9 Å². The molecule has 0 spiro atoms. The van der Waals surface area contributed by atoms with Gasteiger partial charge in [-0.1, -0.05) is 49.4 Å². The number of amides is 1. The summed E-state index contributed by atoms with van der Waals surface area (Å²) in [5, 5.41) is 4.90. The molecule has 0 atom stereocenters. The molecular formula is C20H17F3N2OS. The van der Waals surface area contributed by atoms with Crippen LogP contribution in [0, 0.1) is 0 Å². The highest BCUT2D eigenvalue weighted by atomic mass is 32.1. The molecule has 0 aliphatic heterocycles. The molecule has 0 fully saturated rings. The molecule has 140 valence electrons. The lowest BCUT2D eigenvalue weighted by atomic mass is 10.1. The third kappa shape index (κ3) is 4.95. The molecule has 1 N–H and O–H groups in total. The zero-order chi connectivity index (χ0) is 19.4. The maximum Gasteiger partial charge on any atom is 0.416 e. The lowest BCUT2D eigenvalue weighted by molar-refractivity contribution is -0.137. The fraction of sp³-hybridized carbons (Fsp3) is 0.200. The number of halogens is 3. The summed E-state index contributed by atoms with van der Waals surface area (Å²) in [5.74, 6) is -0.406. The third-order valence-electron chi connectivity index (χ3n) is 4.03. The van der Waals surface area contributed by atoms with Gasteiger partial charge in [0.05, 0.1) is 17.7 Å². The molecule has 0 saturated carbocycles. The minimum atomic E-state index is -4.43. The van der Waals surface area contributed by atoms with E-state index in [0.717, 1.165) is 29.8 Å². The minimum absolute atomic E-state index is 0.149. The van der Waals surface area contributed by atoms with Crippen LogP contribution in [0.5, 0.6) is 0 Å². The molecule has 0 bridgehead atoms. The minimum Gasteiger partial charge on any atom is -0.302 e. The van der Waals surface area contributed by atoms with E-state index in [1.54, 1.807) is 0 Å². The zero-order valence-electron chi connectivity index (χ0n) is 14.5. The van der Waals surface area contributed by atoms with Crippen molar-refractivity contribution in [2.45, 2.75) is 25.9 Å². The van der Waals surface area contributed by atoms with Gasteiger partial charge in [-0.3, -0.25) is 4.79 Å². The summed E-state index contributed by atoms with van der Waals surface area (Å²) in [6.07, 6.45) is -3.62. The third-order valence-corrected chi connectivity index (χ3v) is 4.79. The summed E-state index contributed by atoms with van der Waals surface area (Å²) in [6, 6.07) is 12.8. The predicted molar refractivity (Wildman–Crippen MR) is 101 cm³/mol.